The van der Waals surface area contributed by atoms with Crippen molar-refractivity contribution in [3.63, 3.8) is 0 Å². The molecule has 1 saturated heterocycles. The fourth-order valence-electron chi connectivity index (χ4n) is 4.77. The molecule has 0 unspecified atom stereocenters. The van der Waals surface area contributed by atoms with Gasteiger partial charge in [-0.05, 0) is 62.6 Å². The van der Waals surface area contributed by atoms with E-state index >= 15 is 0 Å². The Bertz CT molecular complexity index is 1290. The number of hydrogen-bond acceptors (Lipinski definition) is 3. The Labute approximate surface area is 201 Å². The van der Waals surface area contributed by atoms with Crippen molar-refractivity contribution in [3.8, 4) is 5.75 Å². The molecule has 4 aromatic rings. The molecule has 5 rings (SSSR count). The summed E-state index contributed by atoms with van der Waals surface area (Å²) >= 11 is 0. The van der Waals surface area contributed by atoms with Gasteiger partial charge in [0.2, 0.25) is 5.91 Å². The number of benzene rings is 3. The lowest BCUT2D eigenvalue weighted by Crippen LogP contribution is -2.24. The Balaban J connectivity index is 1.30. The van der Waals surface area contributed by atoms with Crippen LogP contribution in [0.4, 0.5) is 5.69 Å². The van der Waals surface area contributed by atoms with E-state index in [1.165, 1.54) is 5.56 Å². The molecule has 1 aliphatic rings. The van der Waals surface area contributed by atoms with Crippen LogP contribution >= 0.6 is 0 Å². The molecule has 1 aliphatic heterocycles. The van der Waals surface area contributed by atoms with E-state index in [-0.39, 0.29) is 11.8 Å². The van der Waals surface area contributed by atoms with Gasteiger partial charge in [0.1, 0.15) is 11.6 Å². The molecule has 3 aromatic carbocycles. The molecule has 1 atom stereocenters. The Morgan fingerprint density at radius 3 is 2.53 bits per heavy atom. The second-order valence-corrected chi connectivity index (χ2v) is 9.17. The minimum Gasteiger partial charge on any atom is -0.493 e. The summed E-state index contributed by atoms with van der Waals surface area (Å²) in [5, 5.41) is 0. The van der Waals surface area contributed by atoms with Crippen molar-refractivity contribution in [1.29, 1.82) is 0 Å². The molecule has 1 aromatic heterocycles. The molecule has 0 aliphatic carbocycles. The number of aromatic nitrogens is 2. The predicted molar refractivity (Wildman–Crippen MR) is 137 cm³/mol. The average Bonchev–Trinajstić information content (AvgIpc) is 3.41. The van der Waals surface area contributed by atoms with Crippen LogP contribution in [0.15, 0.2) is 72.8 Å². The quantitative estimate of drug-likeness (QED) is 0.306. The molecule has 0 N–H and O–H groups in total. The van der Waals surface area contributed by atoms with Crippen molar-refractivity contribution in [2.75, 3.05) is 18.1 Å². The van der Waals surface area contributed by atoms with Crippen LogP contribution in [0, 0.1) is 13.8 Å². The third-order valence-corrected chi connectivity index (χ3v) is 6.65. The Hall–Kier alpha value is -3.60. The van der Waals surface area contributed by atoms with Crippen molar-refractivity contribution < 1.29 is 9.53 Å². The zero-order valence-corrected chi connectivity index (χ0v) is 19.9. The maximum absolute atomic E-state index is 12.9. The predicted octanol–water partition coefficient (Wildman–Crippen LogP) is 6.03. The standard InChI is InChI=1S/C29H31N3O2/c1-21-13-15-24(16-14-21)32-20-23(19-28(32)33)29-30-25-10-4-5-11-26(25)31(29)17-7-8-18-34-27-12-6-3-9-22(27)2/h3-6,9-16,23H,7-8,17-20H2,1-2H3/t23-/m1/s1. The third kappa shape index (κ3) is 4.56. The fourth-order valence-corrected chi connectivity index (χ4v) is 4.77. The molecule has 0 radical (unpaired) electrons. The summed E-state index contributed by atoms with van der Waals surface area (Å²) in [6.07, 6.45) is 2.44. The van der Waals surface area contributed by atoms with Crippen molar-refractivity contribution in [3.05, 3.63) is 89.7 Å². The highest BCUT2D eigenvalue weighted by Gasteiger charge is 2.34. The van der Waals surface area contributed by atoms with E-state index in [0.717, 1.165) is 53.2 Å². The van der Waals surface area contributed by atoms with Gasteiger partial charge in [-0.25, -0.2) is 4.98 Å². The first-order valence-electron chi connectivity index (χ1n) is 12.1. The van der Waals surface area contributed by atoms with Crippen molar-refractivity contribution in [1.82, 2.24) is 9.55 Å². The van der Waals surface area contributed by atoms with Crippen LogP contribution in [-0.4, -0.2) is 28.6 Å². The van der Waals surface area contributed by atoms with Crippen LogP contribution in [0.25, 0.3) is 11.0 Å². The lowest BCUT2D eigenvalue weighted by molar-refractivity contribution is -0.117. The summed E-state index contributed by atoms with van der Waals surface area (Å²) in [6.45, 7) is 6.36. The number of anilines is 1. The maximum Gasteiger partial charge on any atom is 0.227 e. The van der Waals surface area contributed by atoms with Gasteiger partial charge >= 0.3 is 0 Å². The Kier molecular flexibility index (Phi) is 6.35. The molecule has 5 heteroatoms. The molecular weight excluding hydrogens is 422 g/mol. The van der Waals surface area contributed by atoms with E-state index in [2.05, 4.69) is 54.8 Å². The van der Waals surface area contributed by atoms with Crippen LogP contribution in [0.5, 0.6) is 5.75 Å². The number of nitrogens with zero attached hydrogens (tertiary/aromatic N) is 3. The fraction of sp³-hybridized carbons (Fsp3) is 0.310. The Morgan fingerprint density at radius 1 is 0.941 bits per heavy atom. The van der Waals surface area contributed by atoms with Crippen molar-refractivity contribution >= 4 is 22.6 Å². The maximum atomic E-state index is 12.9. The van der Waals surface area contributed by atoms with Gasteiger partial charge in [0.25, 0.3) is 0 Å². The summed E-state index contributed by atoms with van der Waals surface area (Å²) in [7, 11) is 0. The number of para-hydroxylation sites is 3. The highest BCUT2D eigenvalue weighted by Crippen LogP contribution is 2.33. The summed E-state index contributed by atoms with van der Waals surface area (Å²) in [4.78, 5) is 19.8. The van der Waals surface area contributed by atoms with Gasteiger partial charge in [-0.15, -0.1) is 0 Å². The number of imidazole rings is 1. The van der Waals surface area contributed by atoms with Crippen LogP contribution < -0.4 is 9.64 Å². The molecule has 34 heavy (non-hydrogen) atoms. The van der Waals surface area contributed by atoms with E-state index in [0.29, 0.717) is 19.6 Å². The molecule has 1 amide bonds. The van der Waals surface area contributed by atoms with Crippen LogP contribution in [0.3, 0.4) is 0 Å². The summed E-state index contributed by atoms with van der Waals surface area (Å²) in [6, 6.07) is 24.6. The number of fused-ring (bicyclic) bond motifs is 1. The molecule has 0 bridgehead atoms. The van der Waals surface area contributed by atoms with Crippen LogP contribution in [0.2, 0.25) is 0 Å². The van der Waals surface area contributed by atoms with Gasteiger partial charge < -0.3 is 14.2 Å². The summed E-state index contributed by atoms with van der Waals surface area (Å²) in [5.74, 6) is 2.23. The first-order valence-corrected chi connectivity index (χ1v) is 12.1. The minimum absolute atomic E-state index is 0.0874. The van der Waals surface area contributed by atoms with Crippen molar-refractivity contribution in [2.45, 2.75) is 45.6 Å². The van der Waals surface area contributed by atoms with Gasteiger partial charge in [-0.3, -0.25) is 4.79 Å². The third-order valence-electron chi connectivity index (χ3n) is 6.65. The highest BCUT2D eigenvalue weighted by atomic mass is 16.5. The van der Waals surface area contributed by atoms with Gasteiger partial charge in [0, 0.05) is 31.1 Å². The van der Waals surface area contributed by atoms with Gasteiger partial charge in [-0.1, -0.05) is 48.0 Å². The first-order chi connectivity index (χ1) is 16.6. The van der Waals surface area contributed by atoms with E-state index < -0.39 is 0 Å². The molecule has 2 heterocycles. The lowest BCUT2D eigenvalue weighted by Gasteiger charge is -2.18. The van der Waals surface area contributed by atoms with E-state index in [1.54, 1.807) is 0 Å². The lowest BCUT2D eigenvalue weighted by atomic mass is 10.1. The number of unbranched alkanes of at least 4 members (excludes halogenated alkanes) is 1. The number of aryl methyl sites for hydroxylation is 3. The highest BCUT2D eigenvalue weighted by molar-refractivity contribution is 5.96. The number of ether oxygens (including phenoxy) is 1. The number of amides is 1. The van der Waals surface area contributed by atoms with Gasteiger partial charge in [-0.2, -0.15) is 0 Å². The summed E-state index contributed by atoms with van der Waals surface area (Å²) in [5.41, 5.74) is 5.46. The molecule has 174 valence electrons. The molecular formula is C29H31N3O2. The van der Waals surface area contributed by atoms with Crippen molar-refractivity contribution in [2.24, 2.45) is 0 Å². The SMILES string of the molecule is Cc1ccc(N2C[C@H](c3nc4ccccc4n3CCCCOc3ccccc3C)CC2=O)cc1. The monoisotopic (exact) mass is 453 g/mol. The normalized spacial score (nSPS) is 15.9. The number of carbonyl (C=O) groups is 1. The molecule has 0 spiro atoms. The topological polar surface area (TPSA) is 47.4 Å². The van der Waals surface area contributed by atoms with E-state index in [4.69, 9.17) is 9.72 Å². The largest absolute Gasteiger partial charge is 0.493 e. The first kappa shape index (κ1) is 22.2. The number of rotatable bonds is 8. The summed E-state index contributed by atoms with van der Waals surface area (Å²) < 4.78 is 8.30. The smallest absolute Gasteiger partial charge is 0.227 e. The minimum atomic E-state index is 0.0874. The van der Waals surface area contributed by atoms with E-state index in [9.17, 15) is 4.79 Å². The van der Waals surface area contributed by atoms with Gasteiger partial charge in [0.15, 0.2) is 0 Å². The average molecular weight is 454 g/mol. The zero-order chi connectivity index (χ0) is 23.5. The molecule has 5 nitrogen and oxygen atoms in total. The molecule has 0 saturated carbocycles. The molecule has 1 fully saturated rings. The van der Waals surface area contributed by atoms with E-state index in [1.807, 2.05) is 41.3 Å². The number of hydrogen-bond donors (Lipinski definition) is 0. The second kappa shape index (κ2) is 9.72. The zero-order valence-electron chi connectivity index (χ0n) is 19.9. The van der Waals surface area contributed by atoms with Crippen LogP contribution in [-0.2, 0) is 11.3 Å². The van der Waals surface area contributed by atoms with Crippen LogP contribution in [0.1, 0.15) is 42.1 Å². The Morgan fingerprint density at radius 2 is 1.71 bits per heavy atom. The number of carbonyl (C=O) groups excluding carboxylic acids is 1. The second-order valence-electron chi connectivity index (χ2n) is 9.17. The van der Waals surface area contributed by atoms with Gasteiger partial charge in [0.05, 0.1) is 17.6 Å².